The van der Waals surface area contributed by atoms with Crippen LogP contribution in [-0.2, 0) is 11.3 Å². The number of aliphatic imine (C=N–C) groups is 1. The number of fused-ring (bicyclic) bond motifs is 1. The van der Waals surface area contributed by atoms with Crippen LogP contribution < -0.4 is 4.74 Å². The van der Waals surface area contributed by atoms with Crippen molar-refractivity contribution >= 4 is 51.5 Å². The molecule has 0 unspecified atom stereocenters. The summed E-state index contributed by atoms with van der Waals surface area (Å²) in [6.07, 6.45) is 3.61. The Bertz CT molecular complexity index is 1310. The molecular formula is C20H22Cl2N8O4. The molecule has 0 aliphatic carbocycles. The molecule has 0 aromatic carbocycles. The topological polar surface area (TPSA) is 135 Å². The summed E-state index contributed by atoms with van der Waals surface area (Å²) in [6.45, 7) is 9.25. The van der Waals surface area contributed by atoms with E-state index in [0.29, 0.717) is 35.4 Å². The first-order chi connectivity index (χ1) is 16.2. The molecule has 0 fully saturated rings. The number of aromatic nitrogens is 6. The number of aryl methyl sites for hydroxylation is 1. The van der Waals surface area contributed by atoms with Crippen LogP contribution in [0.2, 0.25) is 10.4 Å². The Morgan fingerprint density at radius 3 is 2.74 bits per heavy atom. The highest BCUT2D eigenvalue weighted by Crippen LogP contribution is 2.32. The molecule has 12 nitrogen and oxygen atoms in total. The molecular weight excluding hydrogens is 487 g/mol. The van der Waals surface area contributed by atoms with Crippen LogP contribution in [0.1, 0.15) is 26.0 Å². The first-order valence-corrected chi connectivity index (χ1v) is 10.8. The molecule has 3 aromatic heterocycles. The number of allylic oxidation sites excluding steroid dienone is 2. The van der Waals surface area contributed by atoms with Crippen molar-refractivity contribution < 1.29 is 14.4 Å². The molecule has 0 aliphatic heterocycles. The minimum absolute atomic E-state index is 0.0728. The van der Waals surface area contributed by atoms with Gasteiger partial charge in [-0.2, -0.15) is 10.1 Å². The average Bonchev–Trinajstić information content (AvgIpc) is 3.27. The van der Waals surface area contributed by atoms with Crippen LogP contribution in [-0.4, -0.2) is 54.1 Å². The summed E-state index contributed by atoms with van der Waals surface area (Å²) in [6, 6.07) is 0. The van der Waals surface area contributed by atoms with Gasteiger partial charge >= 0.3 is 11.6 Å². The Morgan fingerprint density at radius 2 is 2.12 bits per heavy atom. The minimum atomic E-state index is -0.538. The summed E-state index contributed by atoms with van der Waals surface area (Å²) in [5, 5.41) is 21.2. The van der Waals surface area contributed by atoms with Crippen LogP contribution in [0.25, 0.3) is 16.7 Å². The van der Waals surface area contributed by atoms with E-state index in [1.54, 1.807) is 31.5 Å². The molecule has 0 spiro atoms. The van der Waals surface area contributed by atoms with Gasteiger partial charge in [-0.15, -0.1) is 5.10 Å². The van der Waals surface area contributed by atoms with Crippen molar-refractivity contribution in [3.63, 3.8) is 0 Å². The third kappa shape index (κ3) is 5.18. The highest BCUT2D eigenvalue weighted by molar-refractivity contribution is 6.34. The van der Waals surface area contributed by atoms with Crippen molar-refractivity contribution in [3.05, 3.63) is 50.8 Å². The van der Waals surface area contributed by atoms with Gasteiger partial charge in [-0.25, -0.2) is 19.3 Å². The molecule has 0 amide bonds. The van der Waals surface area contributed by atoms with Gasteiger partial charge in [-0.1, -0.05) is 24.3 Å². The summed E-state index contributed by atoms with van der Waals surface area (Å²) < 4.78 is 13.9. The maximum Gasteiger partial charge on any atom is 0.353 e. The zero-order valence-electron chi connectivity index (χ0n) is 18.9. The second-order valence-corrected chi connectivity index (χ2v) is 7.73. The number of hydrogen-bond acceptors (Lipinski definition) is 9. The van der Waals surface area contributed by atoms with E-state index in [2.05, 4.69) is 31.7 Å². The zero-order chi connectivity index (χ0) is 25.0. The standard InChI is InChI=1S/C20H22Cl2N8O4/c1-6-14(18(33-5)24-11(2)3)29-12(4)15(30(31)32)19(27-29)34-9-7-8-28-17-13(16(21)26-28)10-23-20(22)25-17/h6,10H,2,7-9H2,1,3-5H3/b14-6+,24-18?. The van der Waals surface area contributed by atoms with Crippen molar-refractivity contribution in [3.8, 4) is 5.88 Å². The van der Waals surface area contributed by atoms with Crippen molar-refractivity contribution in [2.24, 2.45) is 4.99 Å². The van der Waals surface area contributed by atoms with Crippen molar-refractivity contribution in [2.45, 2.75) is 33.7 Å². The second-order valence-electron chi connectivity index (χ2n) is 7.03. The van der Waals surface area contributed by atoms with E-state index >= 15 is 0 Å². The van der Waals surface area contributed by atoms with E-state index in [1.807, 2.05) is 0 Å². The van der Waals surface area contributed by atoms with Crippen LogP contribution in [0.5, 0.6) is 5.88 Å². The smallest absolute Gasteiger partial charge is 0.353 e. The van der Waals surface area contributed by atoms with Gasteiger partial charge in [0.05, 0.1) is 24.0 Å². The van der Waals surface area contributed by atoms with E-state index in [0.717, 1.165) is 0 Å². The highest BCUT2D eigenvalue weighted by Gasteiger charge is 2.29. The Labute approximate surface area is 204 Å². The van der Waals surface area contributed by atoms with Crippen molar-refractivity contribution in [1.29, 1.82) is 0 Å². The van der Waals surface area contributed by atoms with E-state index in [9.17, 15) is 10.1 Å². The quantitative estimate of drug-likeness (QED) is 0.103. The van der Waals surface area contributed by atoms with E-state index < -0.39 is 4.92 Å². The molecule has 0 atom stereocenters. The Morgan fingerprint density at radius 1 is 1.38 bits per heavy atom. The lowest BCUT2D eigenvalue weighted by Gasteiger charge is -2.10. The normalized spacial score (nSPS) is 12.3. The van der Waals surface area contributed by atoms with Gasteiger partial charge in [0.25, 0.3) is 0 Å². The van der Waals surface area contributed by atoms with E-state index in [1.165, 1.54) is 18.0 Å². The van der Waals surface area contributed by atoms with Crippen LogP contribution >= 0.6 is 23.2 Å². The first-order valence-electron chi connectivity index (χ1n) is 10.0. The monoisotopic (exact) mass is 508 g/mol. The SMILES string of the molecule is C=C(C)N=C(OC)/C(=C\C)n1nc(OCCCn2nc(Cl)c3cnc(Cl)nc32)c([N+](=O)[O-])c1C. The molecule has 3 aromatic rings. The fourth-order valence-corrected chi connectivity index (χ4v) is 3.52. The summed E-state index contributed by atoms with van der Waals surface area (Å²) in [5.74, 6) is 0.0893. The third-order valence-corrected chi connectivity index (χ3v) is 5.07. The fourth-order valence-electron chi connectivity index (χ4n) is 3.17. The molecule has 180 valence electrons. The number of nitro groups is 1. The van der Waals surface area contributed by atoms with E-state index in [4.69, 9.17) is 32.7 Å². The fraction of sp³-hybridized carbons (Fsp3) is 0.350. The number of methoxy groups -OCH3 is 1. The number of hydrogen-bond donors (Lipinski definition) is 0. The summed E-state index contributed by atoms with van der Waals surface area (Å²) in [7, 11) is 1.44. The largest absolute Gasteiger partial charge is 0.479 e. The maximum absolute atomic E-state index is 11.7. The summed E-state index contributed by atoms with van der Waals surface area (Å²) >= 11 is 12.0. The molecule has 0 saturated carbocycles. The summed E-state index contributed by atoms with van der Waals surface area (Å²) in [5.41, 5.74) is 1.41. The predicted octanol–water partition coefficient (Wildman–Crippen LogP) is 4.45. The Hall–Kier alpha value is -3.51. The minimum Gasteiger partial charge on any atom is -0.479 e. The van der Waals surface area contributed by atoms with Crippen molar-refractivity contribution in [2.75, 3.05) is 13.7 Å². The Kier molecular flexibility index (Phi) is 7.84. The molecule has 34 heavy (non-hydrogen) atoms. The van der Waals surface area contributed by atoms with Gasteiger partial charge in [-0.05, 0) is 32.4 Å². The van der Waals surface area contributed by atoms with Gasteiger partial charge in [0, 0.05) is 24.9 Å². The van der Waals surface area contributed by atoms with Gasteiger partial charge < -0.3 is 9.47 Å². The van der Waals surface area contributed by atoms with Crippen LogP contribution in [0.3, 0.4) is 0 Å². The molecule has 3 heterocycles. The predicted molar refractivity (Wildman–Crippen MR) is 128 cm³/mol. The van der Waals surface area contributed by atoms with Gasteiger partial charge in [0.2, 0.25) is 11.2 Å². The van der Waals surface area contributed by atoms with Gasteiger partial charge in [-0.3, -0.25) is 10.1 Å². The lowest BCUT2D eigenvalue weighted by molar-refractivity contribution is -0.386. The number of halogens is 2. The molecule has 0 bridgehead atoms. The van der Waals surface area contributed by atoms with Gasteiger partial charge in [0.15, 0.2) is 10.8 Å². The number of ether oxygens (including phenoxy) is 2. The highest BCUT2D eigenvalue weighted by atomic mass is 35.5. The third-order valence-electron chi connectivity index (χ3n) is 4.61. The van der Waals surface area contributed by atoms with Crippen LogP contribution in [0.15, 0.2) is 29.5 Å². The van der Waals surface area contributed by atoms with Crippen LogP contribution in [0, 0.1) is 17.0 Å². The number of rotatable bonds is 9. The molecule has 3 rings (SSSR count). The Balaban J connectivity index is 1.81. The average molecular weight is 509 g/mol. The second kappa shape index (κ2) is 10.6. The maximum atomic E-state index is 11.7. The number of nitrogens with zero attached hydrogens (tertiary/aromatic N) is 8. The summed E-state index contributed by atoms with van der Waals surface area (Å²) in [4.78, 5) is 23.5. The lowest BCUT2D eigenvalue weighted by atomic mass is 10.3. The molecule has 0 N–H and O–H groups in total. The molecule has 0 saturated heterocycles. The van der Waals surface area contributed by atoms with Crippen molar-refractivity contribution in [1.82, 2.24) is 29.5 Å². The van der Waals surface area contributed by atoms with E-state index in [-0.39, 0.29) is 40.2 Å². The van der Waals surface area contributed by atoms with Crippen LogP contribution in [0.4, 0.5) is 5.69 Å². The van der Waals surface area contributed by atoms with Gasteiger partial charge in [0.1, 0.15) is 11.4 Å². The first kappa shape index (κ1) is 25.1. The molecule has 0 radical (unpaired) electrons. The molecule has 0 aliphatic rings. The lowest BCUT2D eigenvalue weighted by Crippen LogP contribution is -2.14. The molecule has 14 heteroatoms. The zero-order valence-corrected chi connectivity index (χ0v) is 20.5.